The van der Waals surface area contributed by atoms with Crippen molar-refractivity contribution in [3.63, 3.8) is 0 Å². The van der Waals surface area contributed by atoms with E-state index < -0.39 is 31.8 Å². The van der Waals surface area contributed by atoms with Gasteiger partial charge in [-0.15, -0.1) is 0 Å². The minimum Gasteiger partial charge on any atom is -0.491 e. The zero-order valence-electron chi connectivity index (χ0n) is 23.8. The molecule has 2 atom stereocenters. The van der Waals surface area contributed by atoms with Crippen LogP contribution in [-0.2, 0) is 31.8 Å². The minimum atomic E-state index is -3.64. The third kappa shape index (κ3) is 6.88. The molecule has 3 N–H and O–H groups in total. The number of hydrogen-bond donors (Lipinski definition) is 3. The highest BCUT2D eigenvalue weighted by Gasteiger charge is 2.44. The van der Waals surface area contributed by atoms with E-state index in [0.717, 1.165) is 17.5 Å². The number of hydrogen-bond acceptors (Lipinski definition) is 8. The summed E-state index contributed by atoms with van der Waals surface area (Å²) in [5.74, 6) is 0.349. The van der Waals surface area contributed by atoms with Crippen LogP contribution >= 0.6 is 0 Å². The molecule has 0 aliphatic carbocycles. The largest absolute Gasteiger partial charge is 0.491 e. The minimum absolute atomic E-state index is 0.00688. The molecule has 0 bridgehead atoms. The first-order chi connectivity index (χ1) is 20.0. The van der Waals surface area contributed by atoms with Crippen molar-refractivity contribution in [3.05, 3.63) is 67.0 Å². The lowest BCUT2D eigenvalue weighted by Crippen LogP contribution is -2.47. The highest BCUT2D eigenvalue weighted by Crippen LogP contribution is 2.37. The van der Waals surface area contributed by atoms with Gasteiger partial charge in [-0.3, -0.25) is 0 Å². The molecule has 2 aromatic carbocycles. The number of sulfonamides is 2. The molecule has 5 rings (SSSR count). The molecule has 0 radical (unpaired) electrons. The van der Waals surface area contributed by atoms with Crippen LogP contribution in [0, 0.1) is 0 Å². The molecule has 2 unspecified atom stereocenters. The van der Waals surface area contributed by atoms with Gasteiger partial charge in [0.15, 0.2) is 0 Å². The molecule has 3 heterocycles. The summed E-state index contributed by atoms with van der Waals surface area (Å²) in [6, 6.07) is 15.2. The van der Waals surface area contributed by atoms with Crippen molar-refractivity contribution in [1.29, 1.82) is 0 Å². The first-order valence-electron chi connectivity index (χ1n) is 13.9. The summed E-state index contributed by atoms with van der Waals surface area (Å²) in [5, 5.41) is 13.8. The summed E-state index contributed by atoms with van der Waals surface area (Å²) in [6.45, 7) is 1.50. The van der Waals surface area contributed by atoms with E-state index >= 15 is 0 Å². The van der Waals surface area contributed by atoms with Gasteiger partial charge >= 0.3 is 0 Å². The van der Waals surface area contributed by atoms with Crippen LogP contribution in [0.15, 0.2) is 76.8 Å². The molecule has 0 amide bonds. The van der Waals surface area contributed by atoms with E-state index in [1.54, 1.807) is 34.6 Å². The first kappa shape index (κ1) is 30.7. The third-order valence-corrected chi connectivity index (χ3v) is 11.3. The average Bonchev–Trinajstić information content (AvgIpc) is 3.61. The molecule has 228 valence electrons. The van der Waals surface area contributed by atoms with Crippen LogP contribution in [0.5, 0.6) is 5.75 Å². The molecular weight excluding hydrogens is 580 g/mol. The fraction of sp³-hybridized carbons (Fsp3) is 0.448. The molecule has 1 spiro atoms. The van der Waals surface area contributed by atoms with Crippen molar-refractivity contribution < 1.29 is 31.4 Å². The van der Waals surface area contributed by atoms with Crippen molar-refractivity contribution >= 4 is 20.0 Å². The SMILES string of the molecule is CNS(=O)(=O)c1cccc(OCC(O)CNC2COC3(CCN(S(=O)(=O)c4cccc(-c5ccn(C)c5)c4)CC3)C2)c1. The van der Waals surface area contributed by atoms with Gasteiger partial charge in [0, 0.05) is 51.2 Å². The Hall–Kier alpha value is -2.78. The summed E-state index contributed by atoms with van der Waals surface area (Å²) >= 11 is 0. The summed E-state index contributed by atoms with van der Waals surface area (Å²) < 4.78 is 68.5. The lowest BCUT2D eigenvalue weighted by molar-refractivity contribution is -0.0312. The maximum atomic E-state index is 13.5. The maximum Gasteiger partial charge on any atom is 0.243 e. The second kappa shape index (κ2) is 12.4. The fourth-order valence-electron chi connectivity index (χ4n) is 5.52. The van der Waals surface area contributed by atoms with E-state index in [4.69, 9.17) is 9.47 Å². The van der Waals surface area contributed by atoms with Crippen molar-refractivity contribution in [3.8, 4) is 16.9 Å². The van der Waals surface area contributed by atoms with E-state index in [0.29, 0.717) is 43.2 Å². The van der Waals surface area contributed by atoms with E-state index in [-0.39, 0.29) is 24.1 Å². The van der Waals surface area contributed by atoms with Crippen molar-refractivity contribution in [2.24, 2.45) is 7.05 Å². The second-order valence-corrected chi connectivity index (χ2v) is 14.8. The molecule has 2 aliphatic heterocycles. The van der Waals surface area contributed by atoms with E-state index in [2.05, 4.69) is 10.0 Å². The molecule has 13 heteroatoms. The molecule has 0 saturated carbocycles. The first-order valence-corrected chi connectivity index (χ1v) is 16.9. The lowest BCUT2D eigenvalue weighted by atomic mass is 9.88. The number of nitrogens with zero attached hydrogens (tertiary/aromatic N) is 2. The summed E-state index contributed by atoms with van der Waals surface area (Å²) in [5.41, 5.74) is 1.44. The van der Waals surface area contributed by atoms with Crippen molar-refractivity contribution in [2.45, 2.75) is 46.8 Å². The van der Waals surface area contributed by atoms with Crippen molar-refractivity contribution in [2.75, 3.05) is 39.9 Å². The summed E-state index contributed by atoms with van der Waals surface area (Å²) in [4.78, 5) is 0.376. The van der Waals surface area contributed by atoms with Gasteiger partial charge in [0.1, 0.15) is 18.5 Å². The van der Waals surface area contributed by atoms with Crippen LogP contribution < -0.4 is 14.8 Å². The Labute approximate surface area is 247 Å². The van der Waals surface area contributed by atoms with Gasteiger partial charge in [0.25, 0.3) is 0 Å². The summed E-state index contributed by atoms with van der Waals surface area (Å²) in [7, 11) is -3.95. The zero-order valence-corrected chi connectivity index (χ0v) is 25.4. The molecule has 2 aliphatic rings. The maximum absolute atomic E-state index is 13.5. The Morgan fingerprint density at radius 2 is 1.79 bits per heavy atom. The Bertz CT molecular complexity index is 1600. The standard InChI is InChI=1S/C29H38N4O7S2/c1-30-41(35,36)27-7-4-6-26(16-27)39-21-25(34)18-31-24-17-29(40-20-24)10-13-33(14-11-29)42(37,38)28-8-3-5-22(15-28)23-9-12-32(2)19-23/h3-9,12,15-16,19,24-25,30-31,34H,10-11,13-14,17-18,20-21H2,1-2H3. The molecule has 2 saturated heterocycles. The number of nitrogens with one attached hydrogen (secondary N) is 2. The smallest absolute Gasteiger partial charge is 0.243 e. The molecule has 2 fully saturated rings. The van der Waals surface area contributed by atoms with Crippen LogP contribution in [0.1, 0.15) is 19.3 Å². The number of aryl methyl sites for hydroxylation is 1. The number of aliphatic hydroxyl groups excluding tert-OH is 1. The number of aromatic nitrogens is 1. The molecule has 11 nitrogen and oxygen atoms in total. The van der Waals surface area contributed by atoms with Gasteiger partial charge in [-0.2, -0.15) is 4.31 Å². The normalized spacial score (nSPS) is 20.1. The van der Waals surface area contributed by atoms with Gasteiger partial charge in [-0.25, -0.2) is 21.6 Å². The lowest BCUT2D eigenvalue weighted by Gasteiger charge is -2.38. The van der Waals surface area contributed by atoms with Crippen LogP contribution in [0.4, 0.5) is 0 Å². The number of benzene rings is 2. The second-order valence-electron chi connectivity index (χ2n) is 10.9. The highest BCUT2D eigenvalue weighted by atomic mass is 32.2. The Morgan fingerprint density at radius 1 is 1.05 bits per heavy atom. The van der Waals surface area contributed by atoms with Crippen LogP contribution in [0.2, 0.25) is 0 Å². The van der Waals surface area contributed by atoms with E-state index in [1.807, 2.05) is 36.1 Å². The summed E-state index contributed by atoms with van der Waals surface area (Å²) in [6.07, 6.45) is 5.00. The third-order valence-electron chi connectivity index (χ3n) is 7.95. The molecule has 1 aromatic heterocycles. The molecule has 42 heavy (non-hydrogen) atoms. The van der Waals surface area contributed by atoms with E-state index in [9.17, 15) is 21.9 Å². The van der Waals surface area contributed by atoms with Crippen LogP contribution in [-0.4, -0.2) is 88.5 Å². The highest BCUT2D eigenvalue weighted by molar-refractivity contribution is 7.89. The van der Waals surface area contributed by atoms with Gasteiger partial charge in [0.2, 0.25) is 20.0 Å². The Morgan fingerprint density at radius 3 is 2.50 bits per heavy atom. The van der Waals surface area contributed by atoms with Crippen LogP contribution in [0.25, 0.3) is 11.1 Å². The monoisotopic (exact) mass is 618 g/mol. The number of ether oxygens (including phenoxy) is 2. The van der Waals surface area contributed by atoms with Gasteiger partial charge < -0.3 is 24.5 Å². The van der Waals surface area contributed by atoms with Crippen molar-refractivity contribution in [1.82, 2.24) is 18.9 Å². The van der Waals surface area contributed by atoms with E-state index in [1.165, 1.54) is 19.2 Å². The van der Waals surface area contributed by atoms with Gasteiger partial charge in [-0.1, -0.05) is 18.2 Å². The topological polar surface area (TPSA) is 139 Å². The van der Waals surface area contributed by atoms with Crippen LogP contribution in [0.3, 0.4) is 0 Å². The Kier molecular flexibility index (Phi) is 9.09. The predicted molar refractivity (Wildman–Crippen MR) is 158 cm³/mol. The Balaban J connectivity index is 1.10. The number of aliphatic hydroxyl groups is 1. The molecule has 3 aromatic rings. The quantitative estimate of drug-likeness (QED) is 0.297. The fourth-order valence-corrected chi connectivity index (χ4v) is 7.77. The number of rotatable bonds is 11. The van der Waals surface area contributed by atoms with Gasteiger partial charge in [0.05, 0.1) is 22.0 Å². The predicted octanol–water partition coefficient (Wildman–Crippen LogP) is 1.94. The van der Waals surface area contributed by atoms with Gasteiger partial charge in [-0.05, 0) is 67.8 Å². The average molecular weight is 619 g/mol. The zero-order chi connectivity index (χ0) is 30.0. The number of piperidine rings is 1. The molecular formula is C29H38N4O7S2.